The molecule has 122 valence electrons. The minimum Gasteiger partial charge on any atom is -0.310 e. The minimum atomic E-state index is 0.0236. The maximum atomic E-state index is 12.4. The first-order valence-corrected chi connectivity index (χ1v) is 8.29. The first-order valence-electron chi connectivity index (χ1n) is 8.29. The van der Waals surface area contributed by atoms with Crippen molar-refractivity contribution in [2.75, 3.05) is 11.9 Å². The Morgan fingerprint density at radius 1 is 1.26 bits per heavy atom. The highest BCUT2D eigenvalue weighted by Gasteiger charge is 2.20. The van der Waals surface area contributed by atoms with E-state index in [1.54, 1.807) is 0 Å². The average molecular weight is 312 g/mol. The van der Waals surface area contributed by atoms with Gasteiger partial charge in [-0.25, -0.2) is 4.68 Å². The summed E-state index contributed by atoms with van der Waals surface area (Å²) in [5.74, 6) is 0.827. The Morgan fingerprint density at radius 3 is 2.61 bits per heavy atom. The van der Waals surface area contributed by atoms with E-state index >= 15 is 0 Å². The number of hydrogen-bond donors (Lipinski definition) is 1. The first kappa shape index (κ1) is 15.7. The average Bonchev–Trinajstić information content (AvgIpc) is 3.07. The van der Waals surface area contributed by atoms with Gasteiger partial charge < -0.3 is 5.32 Å². The molecule has 1 aromatic heterocycles. The van der Waals surface area contributed by atoms with E-state index in [0.29, 0.717) is 6.54 Å². The highest BCUT2D eigenvalue weighted by Crippen LogP contribution is 2.22. The summed E-state index contributed by atoms with van der Waals surface area (Å²) in [6, 6.07) is 10.3. The molecule has 0 fully saturated rings. The van der Waals surface area contributed by atoms with Crippen molar-refractivity contribution >= 4 is 11.7 Å². The minimum absolute atomic E-state index is 0.0236. The van der Waals surface area contributed by atoms with Gasteiger partial charge in [0.05, 0.1) is 12.2 Å². The third kappa shape index (κ3) is 3.79. The molecule has 0 spiro atoms. The summed E-state index contributed by atoms with van der Waals surface area (Å²) >= 11 is 0. The van der Waals surface area contributed by atoms with Gasteiger partial charge in [0, 0.05) is 25.7 Å². The smallest absolute Gasteiger partial charge is 0.239 e. The van der Waals surface area contributed by atoms with Crippen LogP contribution in [0.5, 0.6) is 0 Å². The van der Waals surface area contributed by atoms with Crippen LogP contribution in [0.2, 0.25) is 0 Å². The Bertz CT molecular complexity index is 667. The maximum absolute atomic E-state index is 12.4. The Labute approximate surface area is 137 Å². The predicted octanol–water partition coefficient (Wildman–Crippen LogP) is 2.95. The van der Waals surface area contributed by atoms with Crippen molar-refractivity contribution in [1.82, 2.24) is 14.7 Å². The number of aromatic nitrogens is 2. The van der Waals surface area contributed by atoms with Crippen LogP contribution in [0.15, 0.2) is 30.3 Å². The van der Waals surface area contributed by atoms with Crippen LogP contribution >= 0.6 is 0 Å². The summed E-state index contributed by atoms with van der Waals surface area (Å²) < 4.78 is 1.90. The zero-order valence-corrected chi connectivity index (χ0v) is 13.9. The number of carbonyl (C=O) groups is 1. The lowest BCUT2D eigenvalue weighted by atomic mass is 10.1. The van der Waals surface area contributed by atoms with Gasteiger partial charge in [-0.05, 0) is 24.5 Å². The number of nitrogens with one attached hydrogen (secondary N) is 1. The summed E-state index contributed by atoms with van der Waals surface area (Å²) in [7, 11) is 0. The van der Waals surface area contributed by atoms with Crippen molar-refractivity contribution in [3.63, 3.8) is 0 Å². The van der Waals surface area contributed by atoms with Crippen molar-refractivity contribution in [1.29, 1.82) is 0 Å². The molecular weight excluding hydrogens is 288 g/mol. The number of nitrogens with zero attached hydrogens (tertiary/aromatic N) is 3. The van der Waals surface area contributed by atoms with Crippen molar-refractivity contribution in [3.8, 4) is 0 Å². The lowest BCUT2D eigenvalue weighted by Gasteiger charge is -2.15. The Hall–Kier alpha value is -2.14. The zero-order valence-electron chi connectivity index (χ0n) is 13.9. The first-order chi connectivity index (χ1) is 11.2. The quantitative estimate of drug-likeness (QED) is 0.892. The molecule has 0 radical (unpaired) electrons. The lowest BCUT2D eigenvalue weighted by molar-refractivity contribution is -0.117. The zero-order chi connectivity index (χ0) is 16.2. The third-order valence-electron chi connectivity index (χ3n) is 4.17. The number of hydrogen-bond acceptors (Lipinski definition) is 3. The van der Waals surface area contributed by atoms with Gasteiger partial charge in [0.1, 0.15) is 5.82 Å². The molecule has 1 aromatic carbocycles. The number of fused-ring (bicyclic) bond motifs is 1. The molecule has 0 aliphatic carbocycles. The molecule has 1 amide bonds. The van der Waals surface area contributed by atoms with Gasteiger partial charge in [0.2, 0.25) is 5.91 Å². The second-order valence-electron chi connectivity index (χ2n) is 6.21. The standard InChI is InChI=1S/C18H24N4O/c1-3-4-9-22-17(10-14(2)20-22)19-18(23)13-21-11-15-7-5-6-8-16(15)12-21/h5-8,10H,3-4,9,11-13H2,1-2H3,(H,19,23). The van der Waals surface area contributed by atoms with E-state index in [2.05, 4.69) is 46.5 Å². The molecule has 1 aliphatic heterocycles. The third-order valence-corrected chi connectivity index (χ3v) is 4.17. The summed E-state index contributed by atoms with van der Waals surface area (Å²) in [6.45, 7) is 7.05. The number of carbonyl (C=O) groups excluding carboxylic acids is 1. The second kappa shape index (κ2) is 6.96. The van der Waals surface area contributed by atoms with E-state index in [-0.39, 0.29) is 5.91 Å². The fraction of sp³-hybridized carbons (Fsp3) is 0.444. The Kier molecular flexibility index (Phi) is 4.76. The molecule has 0 bridgehead atoms. The molecule has 5 heteroatoms. The van der Waals surface area contributed by atoms with Gasteiger partial charge in [-0.2, -0.15) is 5.10 Å². The van der Waals surface area contributed by atoms with Gasteiger partial charge in [-0.3, -0.25) is 9.69 Å². The van der Waals surface area contributed by atoms with E-state index in [4.69, 9.17) is 0 Å². The molecule has 1 N–H and O–H groups in total. The van der Waals surface area contributed by atoms with Crippen molar-refractivity contribution < 1.29 is 4.79 Å². The van der Waals surface area contributed by atoms with E-state index < -0.39 is 0 Å². The molecule has 0 unspecified atom stereocenters. The van der Waals surface area contributed by atoms with E-state index in [9.17, 15) is 4.79 Å². The lowest BCUT2D eigenvalue weighted by Crippen LogP contribution is -2.30. The molecule has 5 nitrogen and oxygen atoms in total. The molecular formula is C18H24N4O. The molecule has 0 saturated carbocycles. The van der Waals surface area contributed by atoms with Crippen molar-refractivity contribution in [2.45, 2.75) is 46.3 Å². The molecule has 0 atom stereocenters. The van der Waals surface area contributed by atoms with Crippen LogP contribution in [-0.4, -0.2) is 27.1 Å². The van der Waals surface area contributed by atoms with Crippen LogP contribution in [0.1, 0.15) is 36.6 Å². The summed E-state index contributed by atoms with van der Waals surface area (Å²) in [4.78, 5) is 14.5. The van der Waals surface area contributed by atoms with Crippen LogP contribution in [0, 0.1) is 6.92 Å². The van der Waals surface area contributed by atoms with Gasteiger partial charge in [0.25, 0.3) is 0 Å². The Morgan fingerprint density at radius 2 is 1.96 bits per heavy atom. The number of amides is 1. The SMILES string of the molecule is CCCCn1nc(C)cc1NC(=O)CN1Cc2ccccc2C1. The van der Waals surface area contributed by atoms with E-state index in [1.807, 2.05) is 17.7 Å². The number of anilines is 1. The molecule has 1 aliphatic rings. The fourth-order valence-corrected chi connectivity index (χ4v) is 3.03. The topological polar surface area (TPSA) is 50.2 Å². The monoisotopic (exact) mass is 312 g/mol. The molecule has 23 heavy (non-hydrogen) atoms. The van der Waals surface area contributed by atoms with Gasteiger partial charge in [0.15, 0.2) is 0 Å². The van der Waals surface area contributed by atoms with Gasteiger partial charge in [-0.15, -0.1) is 0 Å². The summed E-state index contributed by atoms with van der Waals surface area (Å²) in [6.07, 6.45) is 2.17. The van der Waals surface area contributed by atoms with Crippen LogP contribution in [-0.2, 0) is 24.4 Å². The van der Waals surface area contributed by atoms with Gasteiger partial charge in [-0.1, -0.05) is 37.6 Å². The summed E-state index contributed by atoms with van der Waals surface area (Å²) in [5, 5.41) is 7.47. The van der Waals surface area contributed by atoms with Crippen LogP contribution in [0.25, 0.3) is 0 Å². The van der Waals surface area contributed by atoms with E-state index in [0.717, 1.165) is 44.0 Å². The number of benzene rings is 1. The second-order valence-corrected chi connectivity index (χ2v) is 6.21. The van der Waals surface area contributed by atoms with Crippen LogP contribution in [0.3, 0.4) is 0 Å². The predicted molar refractivity (Wildman–Crippen MR) is 91.1 cm³/mol. The highest BCUT2D eigenvalue weighted by molar-refractivity contribution is 5.91. The molecule has 2 aromatic rings. The maximum Gasteiger partial charge on any atom is 0.239 e. The van der Waals surface area contributed by atoms with Crippen LogP contribution < -0.4 is 5.32 Å². The summed E-state index contributed by atoms with van der Waals surface area (Å²) in [5.41, 5.74) is 3.58. The highest BCUT2D eigenvalue weighted by atomic mass is 16.2. The molecule has 2 heterocycles. The van der Waals surface area contributed by atoms with E-state index in [1.165, 1.54) is 11.1 Å². The Balaban J connectivity index is 1.58. The largest absolute Gasteiger partial charge is 0.310 e. The van der Waals surface area contributed by atoms with Crippen molar-refractivity contribution in [3.05, 3.63) is 47.2 Å². The fourth-order valence-electron chi connectivity index (χ4n) is 3.03. The number of aryl methyl sites for hydroxylation is 2. The normalized spacial score (nSPS) is 14.0. The molecule has 0 saturated heterocycles. The van der Waals surface area contributed by atoms with Crippen LogP contribution in [0.4, 0.5) is 5.82 Å². The number of unbranched alkanes of at least 4 members (excludes halogenated alkanes) is 1. The molecule has 3 rings (SSSR count). The van der Waals surface area contributed by atoms with Crippen molar-refractivity contribution in [2.24, 2.45) is 0 Å². The van der Waals surface area contributed by atoms with Gasteiger partial charge >= 0.3 is 0 Å². The number of rotatable bonds is 6.